The van der Waals surface area contributed by atoms with Gasteiger partial charge in [0.25, 0.3) is 0 Å². The number of nitrogens with one attached hydrogen (secondary N) is 1. The number of nitrogens with two attached hydrogens (primary N) is 1. The Balaban J connectivity index is 2.03. The number of hydrogen-bond acceptors (Lipinski definition) is 4. The third kappa shape index (κ3) is 3.32. The van der Waals surface area contributed by atoms with E-state index >= 15 is 0 Å². The molecule has 3 aromatic rings. The predicted molar refractivity (Wildman–Crippen MR) is 89.6 cm³/mol. The Morgan fingerprint density at radius 1 is 1.04 bits per heavy atom. The molecule has 0 saturated carbocycles. The van der Waals surface area contributed by atoms with Crippen LogP contribution in [0, 0.1) is 5.41 Å². The Morgan fingerprint density at radius 2 is 1.78 bits per heavy atom. The molecule has 2 aromatic heterocycles. The fraction of sp³-hybridized carbons (Fsp3) is 0.0588. The second kappa shape index (κ2) is 6.65. The topological polar surface area (TPSA) is 91.8 Å². The van der Waals surface area contributed by atoms with Gasteiger partial charge in [-0.15, -0.1) is 0 Å². The number of anilines is 2. The van der Waals surface area contributed by atoms with E-state index in [1.165, 1.54) is 11.2 Å². The van der Waals surface area contributed by atoms with Gasteiger partial charge in [-0.25, -0.2) is 15.0 Å². The molecule has 114 valence electrons. The van der Waals surface area contributed by atoms with Crippen molar-refractivity contribution < 1.29 is 0 Å². The van der Waals surface area contributed by atoms with Crippen LogP contribution in [-0.4, -0.2) is 20.9 Å². The molecule has 0 bridgehead atoms. The zero-order valence-electron chi connectivity index (χ0n) is 12.4. The van der Waals surface area contributed by atoms with E-state index in [0.29, 0.717) is 17.9 Å². The van der Waals surface area contributed by atoms with Crippen LogP contribution < -0.4 is 10.6 Å². The van der Waals surface area contributed by atoms with Crippen LogP contribution in [0.25, 0.3) is 0 Å². The zero-order chi connectivity index (χ0) is 16.1. The first kappa shape index (κ1) is 14.6. The first-order valence-corrected chi connectivity index (χ1v) is 7.12. The van der Waals surface area contributed by atoms with Crippen molar-refractivity contribution in [3.8, 4) is 0 Å². The summed E-state index contributed by atoms with van der Waals surface area (Å²) >= 11 is 0. The molecule has 0 fully saturated rings. The van der Waals surface area contributed by atoms with Crippen LogP contribution in [0.3, 0.4) is 0 Å². The number of rotatable bonds is 4. The first-order chi connectivity index (χ1) is 11.3. The maximum Gasteiger partial charge on any atom is 0.198 e. The molecule has 0 aliphatic heterocycles. The number of aromatic nitrogens is 3. The Morgan fingerprint density at radius 3 is 2.48 bits per heavy atom. The lowest BCUT2D eigenvalue weighted by molar-refractivity contribution is 1.07. The van der Waals surface area contributed by atoms with Gasteiger partial charge in [-0.3, -0.25) is 10.3 Å². The van der Waals surface area contributed by atoms with Gasteiger partial charge < -0.3 is 5.73 Å². The van der Waals surface area contributed by atoms with Gasteiger partial charge in [-0.2, -0.15) is 0 Å². The number of benzene rings is 1. The highest BCUT2D eigenvalue weighted by Gasteiger charge is 2.18. The lowest BCUT2D eigenvalue weighted by Gasteiger charge is -2.23. The number of hydrogen-bond donors (Lipinski definition) is 2. The molecular formula is C17H16N6. The third-order valence-electron chi connectivity index (χ3n) is 3.36. The highest BCUT2D eigenvalue weighted by Crippen LogP contribution is 2.26. The molecule has 6 heteroatoms. The fourth-order valence-corrected chi connectivity index (χ4v) is 2.37. The van der Waals surface area contributed by atoms with Crippen molar-refractivity contribution in [2.75, 3.05) is 4.90 Å². The van der Waals surface area contributed by atoms with E-state index in [1.807, 2.05) is 30.3 Å². The molecule has 0 radical (unpaired) electrons. The molecular weight excluding hydrogens is 288 g/mol. The van der Waals surface area contributed by atoms with Crippen LogP contribution in [0.4, 0.5) is 11.5 Å². The van der Waals surface area contributed by atoms with Crippen LogP contribution in [0.1, 0.15) is 11.1 Å². The summed E-state index contributed by atoms with van der Waals surface area (Å²) in [4.78, 5) is 14.0. The minimum absolute atomic E-state index is 0.132. The summed E-state index contributed by atoms with van der Waals surface area (Å²) in [5, 5.41) is 7.91. The van der Waals surface area contributed by atoms with E-state index in [2.05, 4.69) is 27.1 Å². The second-order valence-corrected chi connectivity index (χ2v) is 4.97. The summed E-state index contributed by atoms with van der Waals surface area (Å²) in [5.41, 5.74) is 8.51. The van der Waals surface area contributed by atoms with E-state index in [9.17, 15) is 0 Å². The van der Waals surface area contributed by atoms with E-state index in [1.54, 1.807) is 18.6 Å². The summed E-state index contributed by atoms with van der Waals surface area (Å²) < 4.78 is 0. The molecule has 6 nitrogen and oxygen atoms in total. The molecule has 0 spiro atoms. The Labute approximate surface area is 134 Å². The standard InChI is InChI=1S/C17H16N6/c18-17(19)23(15-10-20-12-21-11-15)16-14(7-4-8-22-16)9-13-5-2-1-3-6-13/h1-8,10-12H,9H2,(H3,18,19). The lowest BCUT2D eigenvalue weighted by atomic mass is 10.1. The molecule has 1 aromatic carbocycles. The summed E-state index contributed by atoms with van der Waals surface area (Å²) in [6, 6.07) is 14.0. The number of pyridine rings is 1. The first-order valence-electron chi connectivity index (χ1n) is 7.12. The van der Waals surface area contributed by atoms with E-state index in [4.69, 9.17) is 11.1 Å². The van der Waals surface area contributed by atoms with Crippen molar-refractivity contribution in [2.24, 2.45) is 5.73 Å². The predicted octanol–water partition coefficient (Wildman–Crippen LogP) is 2.49. The quantitative estimate of drug-likeness (QED) is 0.570. The van der Waals surface area contributed by atoms with E-state index < -0.39 is 0 Å². The number of guanidine groups is 1. The van der Waals surface area contributed by atoms with Gasteiger partial charge in [0.05, 0.1) is 18.1 Å². The largest absolute Gasteiger partial charge is 0.369 e. The van der Waals surface area contributed by atoms with Crippen molar-refractivity contribution in [1.29, 1.82) is 5.41 Å². The molecule has 3 rings (SSSR count). The minimum atomic E-state index is -0.132. The highest BCUT2D eigenvalue weighted by molar-refractivity contribution is 5.99. The van der Waals surface area contributed by atoms with Crippen molar-refractivity contribution in [2.45, 2.75) is 6.42 Å². The molecule has 0 amide bonds. The monoisotopic (exact) mass is 304 g/mol. The van der Waals surface area contributed by atoms with Crippen LogP contribution in [-0.2, 0) is 6.42 Å². The van der Waals surface area contributed by atoms with Gasteiger partial charge in [-0.05, 0) is 17.2 Å². The van der Waals surface area contributed by atoms with Crippen molar-refractivity contribution >= 4 is 17.5 Å². The third-order valence-corrected chi connectivity index (χ3v) is 3.36. The molecule has 23 heavy (non-hydrogen) atoms. The second-order valence-electron chi connectivity index (χ2n) is 4.97. The van der Waals surface area contributed by atoms with Gasteiger partial charge in [0, 0.05) is 12.6 Å². The van der Waals surface area contributed by atoms with Crippen LogP contribution in [0.2, 0.25) is 0 Å². The maximum absolute atomic E-state index is 7.91. The number of nitrogens with zero attached hydrogens (tertiary/aromatic N) is 4. The normalized spacial score (nSPS) is 10.3. The Hall–Kier alpha value is -3.28. The minimum Gasteiger partial charge on any atom is -0.369 e. The van der Waals surface area contributed by atoms with Crippen molar-refractivity contribution in [3.05, 3.63) is 78.5 Å². The van der Waals surface area contributed by atoms with Gasteiger partial charge in [-0.1, -0.05) is 36.4 Å². The van der Waals surface area contributed by atoms with E-state index in [0.717, 1.165) is 11.1 Å². The molecule has 0 saturated heterocycles. The van der Waals surface area contributed by atoms with Crippen LogP contribution in [0.5, 0.6) is 0 Å². The van der Waals surface area contributed by atoms with Gasteiger partial charge >= 0.3 is 0 Å². The molecule has 0 atom stereocenters. The molecule has 0 aliphatic carbocycles. The SMILES string of the molecule is N=C(N)N(c1cncnc1)c1ncccc1Cc1ccccc1. The molecule has 0 aliphatic rings. The van der Waals surface area contributed by atoms with Crippen molar-refractivity contribution in [1.82, 2.24) is 15.0 Å². The summed E-state index contributed by atoms with van der Waals surface area (Å²) in [6.07, 6.45) is 7.03. The van der Waals surface area contributed by atoms with Crippen LogP contribution >= 0.6 is 0 Å². The Kier molecular flexibility index (Phi) is 4.24. The Bertz CT molecular complexity index is 788. The summed E-state index contributed by atoms with van der Waals surface area (Å²) in [5.74, 6) is 0.478. The van der Waals surface area contributed by atoms with Gasteiger partial charge in [0.1, 0.15) is 12.1 Å². The average Bonchev–Trinajstić information content (AvgIpc) is 2.58. The van der Waals surface area contributed by atoms with Gasteiger partial charge in [0.15, 0.2) is 5.96 Å². The molecule has 2 heterocycles. The maximum atomic E-state index is 7.91. The molecule has 3 N–H and O–H groups in total. The summed E-state index contributed by atoms with van der Waals surface area (Å²) in [6.45, 7) is 0. The average molecular weight is 304 g/mol. The van der Waals surface area contributed by atoms with E-state index in [-0.39, 0.29) is 5.96 Å². The summed E-state index contributed by atoms with van der Waals surface area (Å²) in [7, 11) is 0. The smallest absolute Gasteiger partial charge is 0.198 e. The van der Waals surface area contributed by atoms with Gasteiger partial charge in [0.2, 0.25) is 0 Å². The lowest BCUT2D eigenvalue weighted by Crippen LogP contribution is -2.33. The fourth-order valence-electron chi connectivity index (χ4n) is 2.37. The zero-order valence-corrected chi connectivity index (χ0v) is 12.4. The van der Waals surface area contributed by atoms with Crippen LogP contribution in [0.15, 0.2) is 67.4 Å². The molecule has 0 unspecified atom stereocenters. The van der Waals surface area contributed by atoms with Crippen molar-refractivity contribution in [3.63, 3.8) is 0 Å². The highest BCUT2D eigenvalue weighted by atomic mass is 15.3.